The Balaban J connectivity index is 1.94. The van der Waals surface area contributed by atoms with E-state index in [1.54, 1.807) is 0 Å². The molecule has 0 spiro atoms. The highest BCUT2D eigenvalue weighted by Crippen LogP contribution is 2.53. The minimum absolute atomic E-state index is 0.0855. The number of aliphatic hydroxyl groups excluding tert-OH is 2. The number of aliphatic hydroxyl groups is 2. The van der Waals surface area contributed by atoms with Gasteiger partial charge in [-0.3, -0.25) is 0 Å². The molecule has 1 aliphatic carbocycles. The van der Waals surface area contributed by atoms with Crippen molar-refractivity contribution in [3.63, 3.8) is 0 Å². The maximum Gasteiger partial charge on any atom is 0.118 e. The van der Waals surface area contributed by atoms with Crippen molar-refractivity contribution in [3.05, 3.63) is 59.2 Å². The summed E-state index contributed by atoms with van der Waals surface area (Å²) in [5, 5.41) is 25.3. The van der Waals surface area contributed by atoms with Crippen molar-refractivity contribution in [2.75, 3.05) is 0 Å². The lowest BCUT2D eigenvalue weighted by atomic mass is 9.82. The Labute approximate surface area is 127 Å². The van der Waals surface area contributed by atoms with Gasteiger partial charge in [0.25, 0.3) is 0 Å². The van der Waals surface area contributed by atoms with Gasteiger partial charge in [-0.2, -0.15) is 0 Å². The van der Waals surface area contributed by atoms with Crippen LogP contribution in [0.3, 0.4) is 0 Å². The molecule has 0 unspecified atom stereocenters. The van der Waals surface area contributed by atoms with Crippen LogP contribution in [0, 0.1) is 6.92 Å². The number of ether oxygens (including phenoxy) is 1. The molecule has 5 rings (SSSR count). The molecule has 1 aliphatic heterocycles. The van der Waals surface area contributed by atoms with Gasteiger partial charge in [-0.05, 0) is 45.2 Å². The summed E-state index contributed by atoms with van der Waals surface area (Å²) in [6, 6.07) is 14.6. The molecular formula is C19H16O3. The minimum Gasteiger partial charge on any atom is -0.387 e. The normalized spacial score (nSPS) is 29.4. The quantitative estimate of drug-likeness (QED) is 0.494. The van der Waals surface area contributed by atoms with Crippen LogP contribution in [-0.4, -0.2) is 22.4 Å². The van der Waals surface area contributed by atoms with E-state index in [0.717, 1.165) is 22.1 Å². The van der Waals surface area contributed by atoms with Crippen LogP contribution in [0.25, 0.3) is 21.5 Å². The Bertz CT molecular complexity index is 931. The van der Waals surface area contributed by atoms with Crippen molar-refractivity contribution in [3.8, 4) is 0 Å². The molecule has 110 valence electrons. The fourth-order valence-corrected chi connectivity index (χ4v) is 4.00. The average molecular weight is 292 g/mol. The van der Waals surface area contributed by atoms with Gasteiger partial charge in [0.05, 0.1) is 0 Å². The van der Waals surface area contributed by atoms with Crippen LogP contribution in [0.1, 0.15) is 28.9 Å². The van der Waals surface area contributed by atoms with E-state index >= 15 is 0 Å². The lowest BCUT2D eigenvalue weighted by molar-refractivity contribution is 0.0000809. The maximum absolute atomic E-state index is 10.4. The monoisotopic (exact) mass is 292 g/mol. The highest BCUT2D eigenvalue weighted by atomic mass is 16.6. The summed E-state index contributed by atoms with van der Waals surface area (Å²) in [5.41, 5.74) is 2.98. The first-order valence-corrected chi connectivity index (χ1v) is 7.63. The van der Waals surface area contributed by atoms with Gasteiger partial charge in [0, 0.05) is 0 Å². The standard InChI is InChI=1S/C19H16O3/c1-9-8-13-15(18-19(22-18)17(21)16(13)20)12-7-6-10-4-2-3-5-11(10)14(9)12/h2-8,16-21H,1H3/t16-,17+,18-,19+/m1/s1. The lowest BCUT2D eigenvalue weighted by Crippen LogP contribution is -2.29. The second-order valence-corrected chi connectivity index (χ2v) is 6.36. The van der Waals surface area contributed by atoms with Crippen LogP contribution < -0.4 is 0 Å². The van der Waals surface area contributed by atoms with Gasteiger partial charge in [-0.15, -0.1) is 0 Å². The van der Waals surface area contributed by atoms with Gasteiger partial charge < -0.3 is 14.9 Å². The third kappa shape index (κ3) is 1.46. The van der Waals surface area contributed by atoms with E-state index in [0.29, 0.717) is 0 Å². The number of rotatable bonds is 0. The van der Waals surface area contributed by atoms with Crippen molar-refractivity contribution >= 4 is 21.5 Å². The molecule has 0 saturated carbocycles. The van der Waals surface area contributed by atoms with E-state index in [2.05, 4.69) is 37.3 Å². The molecule has 0 radical (unpaired) electrons. The van der Waals surface area contributed by atoms with Crippen LogP contribution >= 0.6 is 0 Å². The molecule has 1 saturated heterocycles. The van der Waals surface area contributed by atoms with Gasteiger partial charge in [0.2, 0.25) is 0 Å². The molecule has 4 atom stereocenters. The molecule has 1 fully saturated rings. The van der Waals surface area contributed by atoms with E-state index in [1.165, 1.54) is 16.2 Å². The van der Waals surface area contributed by atoms with E-state index in [-0.39, 0.29) is 12.2 Å². The zero-order valence-corrected chi connectivity index (χ0v) is 12.2. The fraction of sp³-hybridized carbons (Fsp3) is 0.263. The first-order chi connectivity index (χ1) is 10.7. The molecule has 3 aromatic carbocycles. The number of hydrogen-bond donors (Lipinski definition) is 2. The molecule has 3 aromatic rings. The molecule has 3 nitrogen and oxygen atoms in total. The van der Waals surface area contributed by atoms with Crippen LogP contribution in [0.2, 0.25) is 0 Å². The molecule has 2 aliphatic rings. The molecule has 22 heavy (non-hydrogen) atoms. The highest BCUT2D eigenvalue weighted by molar-refractivity contribution is 6.10. The van der Waals surface area contributed by atoms with Crippen molar-refractivity contribution in [2.45, 2.75) is 31.3 Å². The second kappa shape index (κ2) is 4.07. The number of fused-ring (bicyclic) bond motifs is 7. The average Bonchev–Trinajstić information content (AvgIpc) is 3.32. The lowest BCUT2D eigenvalue weighted by Gasteiger charge is -2.25. The maximum atomic E-state index is 10.4. The Kier molecular flexibility index (Phi) is 2.33. The minimum atomic E-state index is -0.867. The Morgan fingerprint density at radius 2 is 1.82 bits per heavy atom. The van der Waals surface area contributed by atoms with Gasteiger partial charge in [-0.1, -0.05) is 42.5 Å². The molecule has 0 aromatic heterocycles. The second-order valence-electron chi connectivity index (χ2n) is 6.36. The number of epoxide rings is 1. The van der Waals surface area contributed by atoms with Gasteiger partial charge in [0.1, 0.15) is 24.4 Å². The van der Waals surface area contributed by atoms with Crippen LogP contribution in [0.4, 0.5) is 0 Å². The number of hydrogen-bond acceptors (Lipinski definition) is 3. The van der Waals surface area contributed by atoms with Crippen LogP contribution in [0.5, 0.6) is 0 Å². The first-order valence-electron chi connectivity index (χ1n) is 7.63. The summed E-state index contributed by atoms with van der Waals surface area (Å²) in [6.07, 6.45) is -2.04. The summed E-state index contributed by atoms with van der Waals surface area (Å²) >= 11 is 0. The topological polar surface area (TPSA) is 53.0 Å². The summed E-state index contributed by atoms with van der Waals surface area (Å²) in [6.45, 7) is 2.06. The summed E-state index contributed by atoms with van der Waals surface area (Å²) in [7, 11) is 0. The number of aryl methyl sites for hydroxylation is 1. The largest absolute Gasteiger partial charge is 0.387 e. The fourth-order valence-electron chi connectivity index (χ4n) is 4.00. The molecule has 0 bridgehead atoms. The Hall–Kier alpha value is -1.94. The van der Waals surface area contributed by atoms with Crippen LogP contribution in [0.15, 0.2) is 42.5 Å². The number of benzene rings is 3. The molecule has 1 heterocycles. The molecular weight excluding hydrogens is 276 g/mol. The Morgan fingerprint density at radius 3 is 2.68 bits per heavy atom. The SMILES string of the molecule is Cc1cc2c(c3ccc4ccccc4c13)[C@H]1O[C@H]1[C@@H](O)[C@@H]2O. The zero-order valence-electron chi connectivity index (χ0n) is 12.2. The van der Waals surface area contributed by atoms with Crippen LogP contribution in [-0.2, 0) is 4.74 Å². The summed E-state index contributed by atoms with van der Waals surface area (Å²) in [5.74, 6) is 0. The van der Waals surface area contributed by atoms with Gasteiger partial charge in [0.15, 0.2) is 0 Å². The van der Waals surface area contributed by atoms with Crippen molar-refractivity contribution in [2.24, 2.45) is 0 Å². The summed E-state index contributed by atoms with van der Waals surface area (Å²) in [4.78, 5) is 0. The van der Waals surface area contributed by atoms with E-state index in [1.807, 2.05) is 12.1 Å². The van der Waals surface area contributed by atoms with E-state index in [4.69, 9.17) is 4.74 Å². The zero-order chi connectivity index (χ0) is 15.0. The van der Waals surface area contributed by atoms with E-state index < -0.39 is 12.2 Å². The van der Waals surface area contributed by atoms with Gasteiger partial charge >= 0.3 is 0 Å². The molecule has 2 N–H and O–H groups in total. The smallest absolute Gasteiger partial charge is 0.118 e. The predicted octanol–water partition coefficient (Wildman–Crippen LogP) is 3.15. The third-order valence-electron chi connectivity index (χ3n) is 5.09. The Morgan fingerprint density at radius 1 is 1.00 bits per heavy atom. The predicted molar refractivity (Wildman–Crippen MR) is 84.8 cm³/mol. The highest BCUT2D eigenvalue weighted by Gasteiger charge is 2.54. The van der Waals surface area contributed by atoms with Crippen molar-refractivity contribution in [1.82, 2.24) is 0 Å². The van der Waals surface area contributed by atoms with E-state index in [9.17, 15) is 10.2 Å². The summed E-state index contributed by atoms with van der Waals surface area (Å²) < 4.78 is 5.64. The van der Waals surface area contributed by atoms with Gasteiger partial charge in [-0.25, -0.2) is 0 Å². The van der Waals surface area contributed by atoms with Crippen molar-refractivity contribution < 1.29 is 14.9 Å². The first kappa shape index (κ1) is 12.6. The molecule has 3 heteroatoms. The molecule has 0 amide bonds. The van der Waals surface area contributed by atoms with Crippen molar-refractivity contribution in [1.29, 1.82) is 0 Å². The third-order valence-corrected chi connectivity index (χ3v) is 5.09.